The topological polar surface area (TPSA) is 63.1 Å². The molecule has 0 aliphatic heterocycles. The molecule has 6 heteroatoms. The number of nitrogens with zero attached hydrogens (tertiary/aromatic N) is 4. The summed E-state index contributed by atoms with van der Waals surface area (Å²) in [7, 11) is 0. The van der Waals surface area contributed by atoms with Gasteiger partial charge in [-0.15, -0.1) is 0 Å². The van der Waals surface area contributed by atoms with Crippen molar-refractivity contribution in [2.24, 2.45) is 16.8 Å². The summed E-state index contributed by atoms with van der Waals surface area (Å²) in [4.78, 5) is 18.4. The summed E-state index contributed by atoms with van der Waals surface area (Å²) in [6, 6.07) is 7.89. The fraction of sp³-hybridized carbons (Fsp3) is 0.500. The summed E-state index contributed by atoms with van der Waals surface area (Å²) in [6.45, 7) is 4.24. The van der Waals surface area contributed by atoms with E-state index >= 15 is 0 Å². The highest BCUT2D eigenvalue weighted by Crippen LogP contribution is 2.34. The Labute approximate surface area is 159 Å². The van der Waals surface area contributed by atoms with Gasteiger partial charge in [0.05, 0.1) is 0 Å². The first kappa shape index (κ1) is 17.4. The van der Waals surface area contributed by atoms with Gasteiger partial charge in [0.1, 0.15) is 0 Å². The van der Waals surface area contributed by atoms with Crippen molar-refractivity contribution in [2.45, 2.75) is 52.0 Å². The van der Waals surface area contributed by atoms with Gasteiger partial charge in [0.25, 0.3) is 5.95 Å². The molecule has 0 spiro atoms. The Kier molecular flexibility index (Phi) is 4.90. The second-order valence-corrected chi connectivity index (χ2v) is 7.98. The van der Waals surface area contributed by atoms with Crippen molar-refractivity contribution in [3.8, 4) is 11.4 Å². The van der Waals surface area contributed by atoms with Crippen molar-refractivity contribution < 1.29 is 0 Å². The van der Waals surface area contributed by atoms with Crippen molar-refractivity contribution in [3.63, 3.8) is 0 Å². The smallest absolute Gasteiger partial charge is 0.254 e. The molecule has 1 heterocycles. The summed E-state index contributed by atoms with van der Waals surface area (Å²) in [6.07, 6.45) is 6.27. The zero-order chi connectivity index (χ0) is 18.1. The summed E-state index contributed by atoms with van der Waals surface area (Å²) >= 11 is 6.01. The number of nitrogens with one attached hydrogen (secondary N) is 1. The highest BCUT2D eigenvalue weighted by molar-refractivity contribution is 6.30. The van der Waals surface area contributed by atoms with Crippen LogP contribution in [-0.4, -0.2) is 26.7 Å². The predicted octanol–water partition coefficient (Wildman–Crippen LogP) is 5.29. The number of hydrogen-bond donors (Lipinski definition) is 1. The number of halogens is 1. The van der Waals surface area contributed by atoms with Crippen LogP contribution in [0.2, 0.25) is 5.02 Å². The molecule has 1 N–H and O–H groups in total. The SMILES string of the molecule is C/C(=N\c1nc(N[C@H](C)CC2CC2)nc(-c2ccc(Cl)cc2)n1)C1CC1. The fourth-order valence-corrected chi connectivity index (χ4v) is 3.22. The molecule has 1 aromatic heterocycles. The van der Waals surface area contributed by atoms with Crippen LogP contribution in [-0.2, 0) is 0 Å². The Morgan fingerprint density at radius 3 is 2.54 bits per heavy atom. The molecule has 0 saturated heterocycles. The van der Waals surface area contributed by atoms with Crippen LogP contribution in [0.4, 0.5) is 11.9 Å². The van der Waals surface area contributed by atoms with E-state index in [2.05, 4.69) is 39.1 Å². The molecule has 0 amide bonds. The zero-order valence-corrected chi connectivity index (χ0v) is 16.0. The minimum Gasteiger partial charge on any atom is -0.352 e. The third-order valence-electron chi connectivity index (χ3n) is 4.93. The lowest BCUT2D eigenvalue weighted by molar-refractivity contribution is 0.637. The van der Waals surface area contributed by atoms with Crippen LogP contribution < -0.4 is 5.32 Å². The molecule has 2 aromatic rings. The van der Waals surface area contributed by atoms with Crippen molar-refractivity contribution >= 4 is 29.2 Å². The van der Waals surface area contributed by atoms with Crippen LogP contribution in [0.1, 0.15) is 46.0 Å². The van der Waals surface area contributed by atoms with Gasteiger partial charge >= 0.3 is 0 Å². The van der Waals surface area contributed by atoms with Gasteiger partial charge in [-0.25, -0.2) is 4.99 Å². The van der Waals surface area contributed by atoms with Gasteiger partial charge in [-0.3, -0.25) is 0 Å². The maximum absolute atomic E-state index is 6.01. The molecule has 2 aliphatic rings. The largest absolute Gasteiger partial charge is 0.352 e. The van der Waals surface area contributed by atoms with Crippen molar-refractivity contribution in [3.05, 3.63) is 29.3 Å². The Bertz CT molecular complexity index is 809. The molecule has 26 heavy (non-hydrogen) atoms. The molecule has 2 saturated carbocycles. The molecule has 136 valence electrons. The maximum Gasteiger partial charge on any atom is 0.254 e. The molecule has 1 aromatic carbocycles. The number of aromatic nitrogens is 3. The Hall–Kier alpha value is -2.01. The quantitative estimate of drug-likeness (QED) is 0.673. The lowest BCUT2D eigenvalue weighted by atomic mass is 10.2. The van der Waals surface area contributed by atoms with Gasteiger partial charge in [0, 0.05) is 22.3 Å². The number of rotatable bonds is 7. The second-order valence-electron chi connectivity index (χ2n) is 7.54. The Morgan fingerprint density at radius 2 is 1.88 bits per heavy atom. The van der Waals surface area contributed by atoms with Crippen LogP contribution in [0.5, 0.6) is 0 Å². The second kappa shape index (κ2) is 7.31. The van der Waals surface area contributed by atoms with Crippen LogP contribution in [0.3, 0.4) is 0 Å². The van der Waals surface area contributed by atoms with E-state index in [4.69, 9.17) is 11.6 Å². The van der Waals surface area contributed by atoms with Crippen LogP contribution in [0.25, 0.3) is 11.4 Å². The van der Waals surface area contributed by atoms with Crippen LogP contribution >= 0.6 is 11.6 Å². The highest BCUT2D eigenvalue weighted by Gasteiger charge is 2.25. The number of hydrogen-bond acceptors (Lipinski definition) is 5. The molecule has 2 aliphatic carbocycles. The molecule has 0 radical (unpaired) electrons. The minimum absolute atomic E-state index is 0.337. The standard InChI is InChI=1S/C20H24ClN5/c1-12(11-14-3-4-14)22-19-24-18(16-7-9-17(21)10-8-16)25-20(26-19)23-13(2)15-5-6-15/h7-10,12,14-15H,3-6,11H2,1-2H3,(H,22,24,25,26)/b23-13+/t12-/m1/s1. The van der Waals surface area contributed by atoms with Crippen LogP contribution in [0.15, 0.2) is 29.3 Å². The number of anilines is 1. The van der Waals surface area contributed by atoms with E-state index in [-0.39, 0.29) is 0 Å². The molecular weight excluding hydrogens is 346 g/mol. The third-order valence-corrected chi connectivity index (χ3v) is 5.18. The summed E-state index contributed by atoms with van der Waals surface area (Å²) in [5.74, 6) is 3.15. The number of aliphatic imine (C=N–C) groups is 1. The average Bonchev–Trinajstić information content (AvgIpc) is 3.49. The van der Waals surface area contributed by atoms with Gasteiger partial charge in [-0.05, 0) is 69.2 Å². The summed E-state index contributed by atoms with van der Waals surface area (Å²) in [5, 5.41) is 4.13. The molecular formula is C20H24ClN5. The number of benzene rings is 1. The molecule has 1 atom stereocenters. The zero-order valence-electron chi connectivity index (χ0n) is 15.2. The van der Waals surface area contributed by atoms with E-state index in [1.165, 1.54) is 25.7 Å². The Balaban J connectivity index is 1.63. The predicted molar refractivity (Wildman–Crippen MR) is 106 cm³/mol. The average molecular weight is 370 g/mol. The maximum atomic E-state index is 6.01. The first-order valence-electron chi connectivity index (χ1n) is 9.40. The summed E-state index contributed by atoms with van der Waals surface area (Å²) in [5.41, 5.74) is 2.02. The Morgan fingerprint density at radius 1 is 1.15 bits per heavy atom. The van der Waals surface area contributed by atoms with Gasteiger partial charge in [-0.2, -0.15) is 15.0 Å². The third kappa shape index (κ3) is 4.58. The molecule has 4 rings (SSSR count). The van der Waals surface area contributed by atoms with Crippen molar-refractivity contribution in [2.75, 3.05) is 5.32 Å². The minimum atomic E-state index is 0.337. The van der Waals surface area contributed by atoms with E-state index in [0.29, 0.717) is 34.7 Å². The fourth-order valence-electron chi connectivity index (χ4n) is 3.09. The lowest BCUT2D eigenvalue weighted by Gasteiger charge is -2.14. The molecule has 2 fully saturated rings. The first-order chi connectivity index (χ1) is 12.6. The van der Waals surface area contributed by atoms with E-state index in [0.717, 1.165) is 23.6 Å². The van der Waals surface area contributed by atoms with Gasteiger partial charge < -0.3 is 5.32 Å². The molecule has 5 nitrogen and oxygen atoms in total. The molecule has 0 unspecified atom stereocenters. The highest BCUT2D eigenvalue weighted by atomic mass is 35.5. The van der Waals surface area contributed by atoms with Gasteiger partial charge in [0.2, 0.25) is 5.95 Å². The van der Waals surface area contributed by atoms with E-state index in [9.17, 15) is 0 Å². The van der Waals surface area contributed by atoms with E-state index < -0.39 is 0 Å². The lowest BCUT2D eigenvalue weighted by Crippen LogP contribution is -2.18. The van der Waals surface area contributed by atoms with Gasteiger partial charge in [0.15, 0.2) is 5.82 Å². The van der Waals surface area contributed by atoms with Gasteiger partial charge in [-0.1, -0.05) is 24.4 Å². The normalized spacial score (nSPS) is 18.7. The monoisotopic (exact) mass is 369 g/mol. The van der Waals surface area contributed by atoms with Crippen LogP contribution in [0, 0.1) is 11.8 Å². The summed E-state index contributed by atoms with van der Waals surface area (Å²) < 4.78 is 0. The molecule has 0 bridgehead atoms. The van der Waals surface area contributed by atoms with E-state index in [1.54, 1.807) is 0 Å². The van der Waals surface area contributed by atoms with E-state index in [1.807, 2.05) is 24.3 Å². The first-order valence-corrected chi connectivity index (χ1v) is 9.78. The van der Waals surface area contributed by atoms with Crippen molar-refractivity contribution in [1.29, 1.82) is 0 Å². The van der Waals surface area contributed by atoms with Crippen molar-refractivity contribution in [1.82, 2.24) is 15.0 Å².